The molecule has 1 heterocycles. The van der Waals surface area contributed by atoms with Crippen LogP contribution in [0.1, 0.15) is 27.6 Å². The van der Waals surface area contributed by atoms with Crippen molar-refractivity contribution in [3.05, 3.63) is 71.8 Å². The van der Waals surface area contributed by atoms with Crippen molar-refractivity contribution in [1.29, 1.82) is 0 Å². The van der Waals surface area contributed by atoms with Crippen LogP contribution in [-0.2, 0) is 14.2 Å². The van der Waals surface area contributed by atoms with Crippen molar-refractivity contribution in [2.75, 3.05) is 0 Å². The molecule has 0 unspecified atom stereocenters. The number of aliphatic hydroxyl groups excluding tert-OH is 2. The summed E-state index contributed by atoms with van der Waals surface area (Å²) in [6.07, 6.45) is -6.32. The van der Waals surface area contributed by atoms with Crippen molar-refractivity contribution in [2.24, 2.45) is 0 Å². The van der Waals surface area contributed by atoms with E-state index in [0.717, 1.165) is 0 Å². The van der Waals surface area contributed by atoms with Gasteiger partial charge in [0.1, 0.15) is 6.10 Å². The van der Waals surface area contributed by atoms with E-state index in [9.17, 15) is 19.8 Å². The van der Waals surface area contributed by atoms with Crippen LogP contribution in [0.25, 0.3) is 0 Å². The highest BCUT2D eigenvalue weighted by atomic mass is 16.7. The molecule has 3 rings (SSSR count). The summed E-state index contributed by atoms with van der Waals surface area (Å²) >= 11 is 0. The maximum absolute atomic E-state index is 12.4. The second kappa shape index (κ2) is 8.30. The Morgan fingerprint density at radius 3 is 1.74 bits per heavy atom. The number of rotatable bonds is 4. The van der Waals surface area contributed by atoms with Gasteiger partial charge in [0.05, 0.1) is 17.2 Å². The van der Waals surface area contributed by atoms with Gasteiger partial charge in [-0.2, -0.15) is 0 Å². The number of carbonyl (C=O) groups excluding carboxylic acids is 2. The lowest BCUT2D eigenvalue weighted by Crippen LogP contribution is -2.59. The average Bonchev–Trinajstić information content (AvgIpc) is 2.69. The Labute approximate surface area is 156 Å². The maximum Gasteiger partial charge on any atom is 0.338 e. The molecule has 0 amide bonds. The standard InChI is InChI=1S/C20H20O7/c1-12-16(26-18(22)13-8-4-2-5-9-13)17(15(21)20(24)25-12)27-19(23)14-10-6-3-7-11-14/h2-12,15-17,20-21,24H,1H3/t12-,15-,16-,17-,20-/m0/s1. The van der Waals surface area contributed by atoms with Crippen molar-refractivity contribution in [2.45, 2.75) is 37.6 Å². The van der Waals surface area contributed by atoms with Crippen LogP contribution in [0, 0.1) is 0 Å². The normalized spacial score (nSPS) is 27.6. The molecule has 7 heteroatoms. The highest BCUT2D eigenvalue weighted by Crippen LogP contribution is 2.26. The van der Waals surface area contributed by atoms with Gasteiger partial charge in [-0.15, -0.1) is 0 Å². The first kappa shape index (κ1) is 19.0. The highest BCUT2D eigenvalue weighted by Gasteiger charge is 2.47. The van der Waals surface area contributed by atoms with Gasteiger partial charge < -0.3 is 24.4 Å². The van der Waals surface area contributed by atoms with Gasteiger partial charge in [0.2, 0.25) is 0 Å². The monoisotopic (exact) mass is 372 g/mol. The van der Waals surface area contributed by atoms with Crippen molar-refractivity contribution < 1.29 is 34.0 Å². The van der Waals surface area contributed by atoms with Gasteiger partial charge in [0.15, 0.2) is 18.5 Å². The van der Waals surface area contributed by atoms with Crippen molar-refractivity contribution in [1.82, 2.24) is 0 Å². The molecule has 142 valence electrons. The fourth-order valence-electron chi connectivity index (χ4n) is 2.83. The first-order valence-electron chi connectivity index (χ1n) is 8.51. The van der Waals surface area contributed by atoms with E-state index in [4.69, 9.17) is 14.2 Å². The predicted molar refractivity (Wildman–Crippen MR) is 93.9 cm³/mol. The van der Waals surface area contributed by atoms with Crippen LogP contribution in [0.3, 0.4) is 0 Å². The molecule has 0 spiro atoms. The van der Waals surface area contributed by atoms with E-state index in [0.29, 0.717) is 5.56 Å². The zero-order valence-electron chi connectivity index (χ0n) is 14.6. The average molecular weight is 372 g/mol. The third-order valence-corrected chi connectivity index (χ3v) is 4.27. The largest absolute Gasteiger partial charge is 0.452 e. The van der Waals surface area contributed by atoms with Crippen LogP contribution in [0.4, 0.5) is 0 Å². The second-order valence-electron chi connectivity index (χ2n) is 6.19. The van der Waals surface area contributed by atoms with Crippen LogP contribution < -0.4 is 0 Å². The van der Waals surface area contributed by atoms with Crippen LogP contribution in [0.15, 0.2) is 60.7 Å². The zero-order chi connectivity index (χ0) is 19.4. The lowest BCUT2D eigenvalue weighted by molar-refractivity contribution is -0.276. The minimum Gasteiger partial charge on any atom is -0.452 e. The van der Waals surface area contributed by atoms with E-state index in [1.54, 1.807) is 67.6 Å². The Hall–Kier alpha value is -2.74. The van der Waals surface area contributed by atoms with E-state index in [1.165, 1.54) is 0 Å². The summed E-state index contributed by atoms with van der Waals surface area (Å²) in [6.45, 7) is 1.56. The lowest BCUT2D eigenvalue weighted by atomic mass is 9.99. The van der Waals surface area contributed by atoms with Crippen molar-refractivity contribution >= 4 is 11.9 Å². The highest BCUT2D eigenvalue weighted by molar-refractivity contribution is 5.90. The van der Waals surface area contributed by atoms with Gasteiger partial charge in [-0.25, -0.2) is 9.59 Å². The molecule has 2 aromatic rings. The summed E-state index contributed by atoms with van der Waals surface area (Å²) in [5.41, 5.74) is 0.574. The molecule has 1 fully saturated rings. The predicted octanol–water partition coefficient (Wildman–Crippen LogP) is 1.54. The summed E-state index contributed by atoms with van der Waals surface area (Å²) in [5.74, 6) is -1.36. The minimum atomic E-state index is -1.57. The van der Waals surface area contributed by atoms with E-state index in [-0.39, 0.29) is 5.56 Å². The number of carbonyl (C=O) groups is 2. The summed E-state index contributed by atoms with van der Waals surface area (Å²) in [4.78, 5) is 24.8. The van der Waals surface area contributed by atoms with Crippen LogP contribution in [0.2, 0.25) is 0 Å². The number of hydrogen-bond donors (Lipinski definition) is 2. The topological polar surface area (TPSA) is 102 Å². The molecule has 0 aromatic heterocycles. The minimum absolute atomic E-state index is 0.270. The van der Waals surface area contributed by atoms with E-state index in [1.807, 2.05) is 0 Å². The van der Waals surface area contributed by atoms with Gasteiger partial charge in [-0.1, -0.05) is 36.4 Å². The molecule has 7 nitrogen and oxygen atoms in total. The number of esters is 2. The number of benzene rings is 2. The van der Waals surface area contributed by atoms with E-state index in [2.05, 4.69) is 0 Å². The fraction of sp³-hybridized carbons (Fsp3) is 0.300. The summed E-state index contributed by atoms with van der Waals surface area (Å²) in [6, 6.07) is 16.5. The molecule has 0 bridgehead atoms. The first-order chi connectivity index (χ1) is 13.0. The Bertz CT molecular complexity index is 777. The smallest absolute Gasteiger partial charge is 0.338 e. The SMILES string of the molecule is C[C@@H]1O[C@H](O)[C@@H](O)[C@H](OC(=O)c2ccccc2)[C@H]1OC(=O)c1ccccc1. The van der Waals surface area contributed by atoms with Crippen molar-refractivity contribution in [3.8, 4) is 0 Å². The molecular formula is C20H20O7. The summed E-state index contributed by atoms with van der Waals surface area (Å²) in [7, 11) is 0. The molecule has 1 aliphatic heterocycles. The lowest BCUT2D eigenvalue weighted by Gasteiger charge is -2.40. The van der Waals surface area contributed by atoms with Gasteiger partial charge in [0.25, 0.3) is 0 Å². The Morgan fingerprint density at radius 2 is 1.26 bits per heavy atom. The van der Waals surface area contributed by atoms with Gasteiger partial charge in [-0.3, -0.25) is 0 Å². The fourth-order valence-corrected chi connectivity index (χ4v) is 2.83. The summed E-state index contributed by atoms with van der Waals surface area (Å²) in [5, 5.41) is 20.1. The number of ether oxygens (including phenoxy) is 3. The number of hydrogen-bond acceptors (Lipinski definition) is 7. The number of aliphatic hydroxyl groups is 2. The first-order valence-corrected chi connectivity index (χ1v) is 8.51. The molecule has 0 saturated carbocycles. The van der Waals surface area contributed by atoms with Crippen LogP contribution in [-0.4, -0.2) is 52.9 Å². The molecule has 5 atom stereocenters. The molecule has 1 aliphatic rings. The van der Waals surface area contributed by atoms with E-state index < -0.39 is 42.6 Å². The van der Waals surface area contributed by atoms with Gasteiger partial charge in [0, 0.05) is 0 Å². The van der Waals surface area contributed by atoms with Crippen LogP contribution >= 0.6 is 0 Å². The van der Waals surface area contributed by atoms with Crippen molar-refractivity contribution in [3.63, 3.8) is 0 Å². The Morgan fingerprint density at radius 1 is 0.815 bits per heavy atom. The third kappa shape index (κ3) is 4.33. The molecule has 2 N–H and O–H groups in total. The Kier molecular flexibility index (Phi) is 5.85. The molecule has 0 radical (unpaired) electrons. The van der Waals surface area contributed by atoms with E-state index >= 15 is 0 Å². The van der Waals surface area contributed by atoms with Crippen LogP contribution in [0.5, 0.6) is 0 Å². The third-order valence-electron chi connectivity index (χ3n) is 4.27. The quantitative estimate of drug-likeness (QED) is 0.785. The molecule has 0 aliphatic carbocycles. The zero-order valence-corrected chi connectivity index (χ0v) is 14.6. The maximum atomic E-state index is 12.4. The van der Waals surface area contributed by atoms with Gasteiger partial charge >= 0.3 is 11.9 Å². The molecular weight excluding hydrogens is 352 g/mol. The molecule has 2 aromatic carbocycles. The molecule has 1 saturated heterocycles. The summed E-state index contributed by atoms with van der Waals surface area (Å²) < 4.78 is 16.0. The molecule has 27 heavy (non-hydrogen) atoms. The second-order valence-corrected chi connectivity index (χ2v) is 6.19. The Balaban J connectivity index is 1.80. The van der Waals surface area contributed by atoms with Gasteiger partial charge in [-0.05, 0) is 31.2 Å².